The Kier molecular flexibility index (Phi) is 48.2. The summed E-state index contributed by atoms with van der Waals surface area (Å²) in [6, 6.07) is 0. The number of phosphoric acid groups is 1. The molecule has 0 aromatic heterocycles. The minimum Gasteiger partial charge on any atom is -0.462 e. The summed E-state index contributed by atoms with van der Waals surface area (Å²) in [5, 5.41) is 0. The van der Waals surface area contributed by atoms with E-state index in [1.807, 2.05) is 21.1 Å². The molecule has 400 valence electrons. The zero-order valence-corrected chi connectivity index (χ0v) is 46.1. The molecule has 0 heterocycles. The SMILES string of the molecule is CC/C=C\C/C=C\C/C=C\C/C=C\C/C=C\C/C=C\C/C=C\CCCCCCCCCCCC(=O)OC(COC(=O)CCCCCCC/C=C\C/C=C\CCCCC)COP(=O)(O)OCC[N+](C)(C)C. The standard InChI is InChI=1S/C60H102NO8P/c1-6-8-10-12-14-16-18-20-22-23-24-25-26-27-28-29-30-31-32-33-34-35-36-37-39-41-43-45-47-49-51-53-60(63)69-58(57-68-70(64,65)67-55-54-61(3,4)5)56-66-59(62)52-50-48-46-44-42-40-38-21-19-17-15-13-11-9-7-2/h8,10,14-17,20-22,24-25,27-28,30-31,33-34,38,58H,6-7,9,11-13,18-19,23,26,29,32,35-37,39-57H2,1-5H3/p+1/b10-8-,16-14-,17-15-,22-20-,25-24-,28-27-,31-30-,34-33-,38-21-. The lowest BCUT2D eigenvalue weighted by molar-refractivity contribution is -0.870. The van der Waals surface area contributed by atoms with Gasteiger partial charge in [0.25, 0.3) is 0 Å². The van der Waals surface area contributed by atoms with Crippen molar-refractivity contribution in [2.75, 3.05) is 47.5 Å². The molecular formula is C60H103NO8P+. The highest BCUT2D eigenvalue weighted by atomic mass is 31.2. The molecule has 0 amide bonds. The van der Waals surface area contributed by atoms with Crippen molar-refractivity contribution in [2.45, 2.75) is 213 Å². The lowest BCUT2D eigenvalue weighted by Crippen LogP contribution is -2.37. The van der Waals surface area contributed by atoms with E-state index in [1.54, 1.807) is 0 Å². The Morgan fingerprint density at radius 1 is 0.457 bits per heavy atom. The molecule has 0 aliphatic heterocycles. The fourth-order valence-corrected chi connectivity index (χ4v) is 7.77. The van der Waals surface area contributed by atoms with E-state index in [2.05, 4.69) is 123 Å². The van der Waals surface area contributed by atoms with Gasteiger partial charge >= 0.3 is 19.8 Å². The molecule has 0 fully saturated rings. The summed E-state index contributed by atoms with van der Waals surface area (Å²) in [6.07, 6.45) is 70.0. The number of quaternary nitrogens is 1. The third kappa shape index (κ3) is 54.0. The van der Waals surface area contributed by atoms with Gasteiger partial charge < -0.3 is 18.9 Å². The molecule has 10 heteroatoms. The smallest absolute Gasteiger partial charge is 0.462 e. The normalized spacial score (nSPS) is 14.2. The summed E-state index contributed by atoms with van der Waals surface area (Å²) in [7, 11) is 1.45. The summed E-state index contributed by atoms with van der Waals surface area (Å²) in [5.74, 6) is -0.828. The molecule has 0 radical (unpaired) electrons. The van der Waals surface area contributed by atoms with Crippen LogP contribution < -0.4 is 0 Å². The summed E-state index contributed by atoms with van der Waals surface area (Å²) < 4.78 is 34.5. The lowest BCUT2D eigenvalue weighted by Gasteiger charge is -2.24. The van der Waals surface area contributed by atoms with Gasteiger partial charge in [0, 0.05) is 12.8 Å². The molecule has 0 rings (SSSR count). The number of nitrogens with zero attached hydrogens (tertiary/aromatic N) is 1. The number of hydrogen-bond acceptors (Lipinski definition) is 7. The van der Waals surface area contributed by atoms with Gasteiger partial charge in [-0.3, -0.25) is 18.6 Å². The third-order valence-corrected chi connectivity index (χ3v) is 12.3. The van der Waals surface area contributed by atoms with E-state index in [1.165, 1.54) is 57.8 Å². The number of carbonyl (C=O) groups excluding carboxylic acids is 2. The minimum atomic E-state index is -4.39. The second-order valence-electron chi connectivity index (χ2n) is 19.2. The van der Waals surface area contributed by atoms with Crippen LogP contribution in [0.3, 0.4) is 0 Å². The number of esters is 2. The van der Waals surface area contributed by atoms with Crippen molar-refractivity contribution in [3.05, 3.63) is 109 Å². The first-order valence-corrected chi connectivity index (χ1v) is 29.1. The maximum Gasteiger partial charge on any atom is 0.472 e. The maximum absolute atomic E-state index is 12.8. The highest BCUT2D eigenvalue weighted by molar-refractivity contribution is 7.47. The summed E-state index contributed by atoms with van der Waals surface area (Å²) in [5.41, 5.74) is 0. The van der Waals surface area contributed by atoms with Gasteiger partial charge in [0.1, 0.15) is 19.8 Å². The van der Waals surface area contributed by atoms with Crippen LogP contribution in [-0.4, -0.2) is 74.9 Å². The molecule has 0 spiro atoms. The van der Waals surface area contributed by atoms with Crippen LogP contribution >= 0.6 is 7.82 Å². The Morgan fingerprint density at radius 2 is 0.814 bits per heavy atom. The van der Waals surface area contributed by atoms with E-state index < -0.39 is 26.5 Å². The van der Waals surface area contributed by atoms with E-state index in [9.17, 15) is 19.0 Å². The van der Waals surface area contributed by atoms with Gasteiger partial charge in [0.05, 0.1) is 27.7 Å². The number of hydrogen-bond donors (Lipinski definition) is 1. The van der Waals surface area contributed by atoms with Crippen LogP contribution in [0.4, 0.5) is 0 Å². The number of phosphoric ester groups is 1. The Bertz CT molecular complexity index is 1550. The number of allylic oxidation sites excluding steroid dienone is 18. The van der Waals surface area contributed by atoms with Crippen molar-refractivity contribution < 1.29 is 42.1 Å². The number of unbranched alkanes of at least 4 members (excludes halogenated alkanes) is 17. The molecule has 2 unspecified atom stereocenters. The molecular weight excluding hydrogens is 894 g/mol. The van der Waals surface area contributed by atoms with Gasteiger partial charge in [-0.25, -0.2) is 4.57 Å². The average Bonchev–Trinajstić information content (AvgIpc) is 3.32. The number of rotatable bonds is 49. The lowest BCUT2D eigenvalue weighted by atomic mass is 10.1. The highest BCUT2D eigenvalue weighted by Gasteiger charge is 2.27. The molecule has 0 aromatic rings. The zero-order valence-electron chi connectivity index (χ0n) is 45.2. The second kappa shape index (κ2) is 50.6. The quantitative estimate of drug-likeness (QED) is 0.0211. The highest BCUT2D eigenvalue weighted by Crippen LogP contribution is 2.43. The van der Waals surface area contributed by atoms with Crippen molar-refractivity contribution in [3.8, 4) is 0 Å². The first-order valence-electron chi connectivity index (χ1n) is 27.6. The topological polar surface area (TPSA) is 108 Å². The van der Waals surface area contributed by atoms with Crippen molar-refractivity contribution in [1.82, 2.24) is 0 Å². The van der Waals surface area contributed by atoms with Crippen LogP contribution in [0.1, 0.15) is 206 Å². The molecule has 9 nitrogen and oxygen atoms in total. The van der Waals surface area contributed by atoms with Crippen molar-refractivity contribution in [2.24, 2.45) is 0 Å². The Morgan fingerprint density at radius 3 is 1.21 bits per heavy atom. The van der Waals surface area contributed by atoms with Crippen LogP contribution in [0, 0.1) is 0 Å². The molecule has 70 heavy (non-hydrogen) atoms. The second-order valence-corrected chi connectivity index (χ2v) is 20.7. The molecule has 0 aromatic carbocycles. The Hall–Kier alpha value is -3.33. The average molecular weight is 997 g/mol. The number of carbonyl (C=O) groups is 2. The van der Waals surface area contributed by atoms with E-state index in [0.29, 0.717) is 17.4 Å². The summed E-state index contributed by atoms with van der Waals surface area (Å²) in [6.45, 7) is 4.25. The fourth-order valence-electron chi connectivity index (χ4n) is 7.02. The number of ether oxygens (including phenoxy) is 2. The molecule has 1 N–H and O–H groups in total. The van der Waals surface area contributed by atoms with Gasteiger partial charge in [-0.05, 0) is 103 Å². The first kappa shape index (κ1) is 66.7. The van der Waals surface area contributed by atoms with Gasteiger partial charge in [-0.15, -0.1) is 0 Å². The van der Waals surface area contributed by atoms with Crippen LogP contribution in [0.5, 0.6) is 0 Å². The van der Waals surface area contributed by atoms with Crippen LogP contribution in [0.2, 0.25) is 0 Å². The van der Waals surface area contributed by atoms with Gasteiger partial charge in [0.2, 0.25) is 0 Å². The van der Waals surface area contributed by atoms with Crippen molar-refractivity contribution in [1.29, 1.82) is 0 Å². The van der Waals surface area contributed by atoms with Crippen LogP contribution in [-0.2, 0) is 32.7 Å². The molecule has 0 saturated carbocycles. The number of likely N-dealkylation sites (N-methyl/N-ethyl adjacent to an activating group) is 1. The van der Waals surface area contributed by atoms with Gasteiger partial charge in [-0.2, -0.15) is 0 Å². The largest absolute Gasteiger partial charge is 0.472 e. The monoisotopic (exact) mass is 997 g/mol. The Labute approximate surface area is 429 Å². The fraction of sp³-hybridized carbons (Fsp3) is 0.667. The summed E-state index contributed by atoms with van der Waals surface area (Å²) in [4.78, 5) is 35.6. The molecule has 0 bridgehead atoms. The maximum atomic E-state index is 12.8. The first-order chi connectivity index (χ1) is 34.0. The molecule has 0 aliphatic rings. The minimum absolute atomic E-state index is 0.0225. The van der Waals surface area contributed by atoms with Gasteiger partial charge in [-0.1, -0.05) is 200 Å². The zero-order chi connectivity index (χ0) is 51.3. The third-order valence-electron chi connectivity index (χ3n) is 11.3. The van der Waals surface area contributed by atoms with E-state index >= 15 is 0 Å². The molecule has 2 atom stereocenters. The summed E-state index contributed by atoms with van der Waals surface area (Å²) >= 11 is 0. The van der Waals surface area contributed by atoms with Crippen LogP contribution in [0.25, 0.3) is 0 Å². The van der Waals surface area contributed by atoms with Crippen LogP contribution in [0.15, 0.2) is 109 Å². The van der Waals surface area contributed by atoms with E-state index in [4.69, 9.17) is 18.5 Å². The predicted molar refractivity (Wildman–Crippen MR) is 298 cm³/mol. The van der Waals surface area contributed by atoms with E-state index in [-0.39, 0.29) is 32.0 Å². The van der Waals surface area contributed by atoms with Crippen molar-refractivity contribution in [3.63, 3.8) is 0 Å². The van der Waals surface area contributed by atoms with Crippen molar-refractivity contribution >= 4 is 19.8 Å². The predicted octanol–water partition coefficient (Wildman–Crippen LogP) is 17.0. The van der Waals surface area contributed by atoms with Gasteiger partial charge in [0.15, 0.2) is 6.10 Å². The Balaban J connectivity index is 4.21. The molecule has 0 aliphatic carbocycles. The molecule has 0 saturated heterocycles. The van der Waals surface area contributed by atoms with E-state index in [0.717, 1.165) is 116 Å².